The van der Waals surface area contributed by atoms with E-state index in [4.69, 9.17) is 4.74 Å². The van der Waals surface area contributed by atoms with E-state index in [1.807, 2.05) is 4.90 Å². The van der Waals surface area contributed by atoms with Crippen molar-refractivity contribution in [1.82, 2.24) is 9.80 Å². The van der Waals surface area contributed by atoms with Crippen molar-refractivity contribution >= 4 is 5.91 Å². The van der Waals surface area contributed by atoms with Gasteiger partial charge in [-0.15, -0.1) is 0 Å². The van der Waals surface area contributed by atoms with Gasteiger partial charge >= 0.3 is 0 Å². The van der Waals surface area contributed by atoms with Crippen molar-refractivity contribution in [2.45, 2.75) is 38.0 Å². The smallest absolute Gasteiger partial charge is 0.237 e. The molecule has 130 valence electrons. The highest BCUT2D eigenvalue weighted by Crippen LogP contribution is 2.34. The maximum Gasteiger partial charge on any atom is 0.237 e. The summed E-state index contributed by atoms with van der Waals surface area (Å²) in [5.41, 5.74) is 2.76. The van der Waals surface area contributed by atoms with Crippen LogP contribution < -0.4 is 0 Å². The molecule has 0 bridgehead atoms. The molecule has 0 unspecified atom stereocenters. The SMILES string of the molecule is O=C(CN1CCc2ccccc2C1)N1CCO[C@H]2C[C@H](CO)C[C@@H]21. The molecule has 0 aromatic heterocycles. The van der Waals surface area contributed by atoms with Gasteiger partial charge in [0.05, 0.1) is 25.3 Å². The summed E-state index contributed by atoms with van der Waals surface area (Å²) in [6.07, 6.45) is 2.88. The first-order valence-electron chi connectivity index (χ1n) is 9.05. The van der Waals surface area contributed by atoms with Crippen LogP contribution in [0.25, 0.3) is 0 Å². The van der Waals surface area contributed by atoms with Crippen molar-refractivity contribution in [2.24, 2.45) is 5.92 Å². The topological polar surface area (TPSA) is 53.0 Å². The van der Waals surface area contributed by atoms with Gasteiger partial charge in [-0.2, -0.15) is 0 Å². The van der Waals surface area contributed by atoms with E-state index in [2.05, 4.69) is 29.2 Å². The van der Waals surface area contributed by atoms with Crippen LogP contribution in [0.15, 0.2) is 24.3 Å². The zero-order valence-electron chi connectivity index (χ0n) is 14.1. The van der Waals surface area contributed by atoms with Gasteiger partial charge in [-0.05, 0) is 36.3 Å². The van der Waals surface area contributed by atoms with Crippen LogP contribution in [0.4, 0.5) is 0 Å². The van der Waals surface area contributed by atoms with Crippen molar-refractivity contribution < 1.29 is 14.6 Å². The van der Waals surface area contributed by atoms with Gasteiger partial charge in [0.1, 0.15) is 0 Å². The van der Waals surface area contributed by atoms with Gasteiger partial charge in [0.25, 0.3) is 0 Å². The van der Waals surface area contributed by atoms with Crippen molar-refractivity contribution in [3.63, 3.8) is 0 Å². The Kier molecular flexibility index (Phi) is 4.57. The Balaban J connectivity index is 1.39. The quantitative estimate of drug-likeness (QED) is 0.900. The second-order valence-corrected chi connectivity index (χ2v) is 7.31. The molecule has 5 heteroatoms. The van der Waals surface area contributed by atoms with Gasteiger partial charge in [-0.1, -0.05) is 24.3 Å². The minimum atomic E-state index is 0.113. The van der Waals surface area contributed by atoms with Crippen LogP contribution in [0.2, 0.25) is 0 Å². The summed E-state index contributed by atoms with van der Waals surface area (Å²) in [7, 11) is 0. The lowest BCUT2D eigenvalue weighted by molar-refractivity contribution is -0.145. The van der Waals surface area contributed by atoms with Crippen molar-refractivity contribution in [3.8, 4) is 0 Å². The molecule has 1 saturated carbocycles. The molecule has 2 heterocycles. The molecule has 1 N–H and O–H groups in total. The number of aliphatic hydroxyl groups excluding tert-OH is 1. The number of amides is 1. The van der Waals surface area contributed by atoms with Crippen molar-refractivity contribution in [1.29, 1.82) is 0 Å². The fraction of sp³-hybridized carbons (Fsp3) is 0.632. The van der Waals surface area contributed by atoms with E-state index < -0.39 is 0 Å². The van der Waals surface area contributed by atoms with Gasteiger partial charge < -0.3 is 14.7 Å². The van der Waals surface area contributed by atoms with E-state index in [9.17, 15) is 9.90 Å². The predicted octanol–water partition coefficient (Wildman–Crippen LogP) is 1.04. The maximum absolute atomic E-state index is 12.9. The fourth-order valence-electron chi connectivity index (χ4n) is 4.48. The van der Waals surface area contributed by atoms with E-state index >= 15 is 0 Å². The number of hydrogen-bond acceptors (Lipinski definition) is 4. The lowest BCUT2D eigenvalue weighted by Gasteiger charge is -2.39. The van der Waals surface area contributed by atoms with Gasteiger partial charge in [0.15, 0.2) is 0 Å². The minimum Gasteiger partial charge on any atom is -0.396 e. The Morgan fingerprint density at radius 2 is 2.04 bits per heavy atom. The molecule has 1 aromatic carbocycles. The minimum absolute atomic E-state index is 0.113. The molecule has 24 heavy (non-hydrogen) atoms. The van der Waals surface area contributed by atoms with Crippen molar-refractivity contribution in [2.75, 3.05) is 32.8 Å². The Bertz CT molecular complexity index is 606. The van der Waals surface area contributed by atoms with Crippen LogP contribution in [-0.4, -0.2) is 65.8 Å². The molecule has 5 nitrogen and oxygen atoms in total. The van der Waals surface area contributed by atoms with Gasteiger partial charge in [0, 0.05) is 26.2 Å². The third kappa shape index (κ3) is 3.08. The highest BCUT2D eigenvalue weighted by Gasteiger charge is 2.42. The average molecular weight is 330 g/mol. The number of carbonyl (C=O) groups excluding carboxylic acids is 1. The standard InChI is InChI=1S/C19H26N2O3/c22-13-14-9-17-18(10-14)24-8-7-21(17)19(23)12-20-6-5-15-3-1-2-4-16(15)11-20/h1-4,14,17-18,22H,5-13H2/t14-,17+,18+/m1/s1. The maximum atomic E-state index is 12.9. The summed E-state index contributed by atoms with van der Waals surface area (Å²) in [5, 5.41) is 9.42. The number of hydrogen-bond donors (Lipinski definition) is 1. The van der Waals surface area contributed by atoms with Crippen LogP contribution in [0.1, 0.15) is 24.0 Å². The second-order valence-electron chi connectivity index (χ2n) is 7.31. The normalized spacial score (nSPS) is 30.0. The Labute approximate surface area is 143 Å². The first-order chi connectivity index (χ1) is 11.7. The molecule has 0 spiro atoms. The van der Waals surface area contributed by atoms with E-state index in [0.29, 0.717) is 19.7 Å². The zero-order valence-corrected chi connectivity index (χ0v) is 14.1. The lowest BCUT2D eigenvalue weighted by Crippen LogP contribution is -2.54. The first-order valence-corrected chi connectivity index (χ1v) is 9.05. The van der Waals surface area contributed by atoms with E-state index in [1.54, 1.807) is 0 Å². The molecule has 1 amide bonds. The molecule has 2 aliphatic heterocycles. The van der Waals surface area contributed by atoms with Crippen LogP contribution >= 0.6 is 0 Å². The Morgan fingerprint density at radius 1 is 1.21 bits per heavy atom. The summed E-state index contributed by atoms with van der Waals surface area (Å²) >= 11 is 0. The summed E-state index contributed by atoms with van der Waals surface area (Å²) in [6, 6.07) is 8.67. The van der Waals surface area contributed by atoms with Gasteiger partial charge in [0.2, 0.25) is 5.91 Å². The molecule has 4 rings (SSSR count). The zero-order chi connectivity index (χ0) is 16.5. The molecule has 0 radical (unpaired) electrons. The number of nitrogens with zero attached hydrogens (tertiary/aromatic N) is 2. The van der Waals surface area contributed by atoms with Gasteiger partial charge in [-0.25, -0.2) is 0 Å². The average Bonchev–Trinajstić information content (AvgIpc) is 3.04. The largest absolute Gasteiger partial charge is 0.396 e. The number of aliphatic hydroxyl groups is 1. The van der Waals surface area contributed by atoms with Gasteiger partial charge in [-0.3, -0.25) is 9.69 Å². The van der Waals surface area contributed by atoms with Crippen LogP contribution in [-0.2, 0) is 22.5 Å². The molecule has 1 aromatic rings. The third-order valence-electron chi connectivity index (χ3n) is 5.78. The highest BCUT2D eigenvalue weighted by molar-refractivity contribution is 5.79. The van der Waals surface area contributed by atoms with E-state index in [0.717, 1.165) is 32.4 Å². The number of fused-ring (bicyclic) bond motifs is 2. The first kappa shape index (κ1) is 16.1. The summed E-state index contributed by atoms with van der Waals surface area (Å²) in [6.45, 7) is 3.79. The Morgan fingerprint density at radius 3 is 2.88 bits per heavy atom. The monoisotopic (exact) mass is 330 g/mol. The molecular formula is C19H26N2O3. The van der Waals surface area contributed by atoms with Crippen LogP contribution in [0.5, 0.6) is 0 Å². The lowest BCUT2D eigenvalue weighted by atomic mass is 10.00. The van der Waals surface area contributed by atoms with Crippen molar-refractivity contribution in [3.05, 3.63) is 35.4 Å². The third-order valence-corrected chi connectivity index (χ3v) is 5.78. The summed E-state index contributed by atoms with van der Waals surface area (Å²) < 4.78 is 5.83. The Hall–Kier alpha value is -1.43. The van der Waals surface area contributed by atoms with Crippen LogP contribution in [0.3, 0.4) is 0 Å². The predicted molar refractivity (Wildman–Crippen MR) is 90.5 cm³/mol. The molecule has 1 saturated heterocycles. The summed E-state index contributed by atoms with van der Waals surface area (Å²) in [5.74, 6) is 0.488. The number of morpholine rings is 1. The van der Waals surface area contributed by atoms with E-state index in [1.165, 1.54) is 11.1 Å². The number of carbonyl (C=O) groups is 1. The number of benzene rings is 1. The molecule has 3 aliphatic rings. The highest BCUT2D eigenvalue weighted by atomic mass is 16.5. The molecule has 2 fully saturated rings. The fourth-order valence-corrected chi connectivity index (χ4v) is 4.48. The second kappa shape index (κ2) is 6.82. The van der Waals surface area contributed by atoms with E-state index in [-0.39, 0.29) is 30.6 Å². The number of rotatable bonds is 3. The molecular weight excluding hydrogens is 304 g/mol. The summed E-state index contributed by atoms with van der Waals surface area (Å²) in [4.78, 5) is 17.2. The number of ether oxygens (including phenoxy) is 1. The molecule has 1 aliphatic carbocycles. The van der Waals surface area contributed by atoms with Crippen LogP contribution in [0, 0.1) is 5.92 Å². The molecule has 3 atom stereocenters.